The highest BCUT2D eigenvalue weighted by Crippen LogP contribution is 2.34. The molecule has 0 saturated heterocycles. The standard InChI is InChI=1S/C12H13NO5/c1-4-18-12(15)8-5-10(16-2)11(17-3)6-9(8)13-7-14/h5-6H,4H2,1-3H3. The van der Waals surface area contributed by atoms with Crippen molar-refractivity contribution in [1.82, 2.24) is 0 Å². The van der Waals surface area contributed by atoms with Crippen molar-refractivity contribution >= 4 is 17.7 Å². The van der Waals surface area contributed by atoms with Gasteiger partial charge in [0.2, 0.25) is 6.08 Å². The third-order valence-corrected chi connectivity index (χ3v) is 2.16. The monoisotopic (exact) mass is 251 g/mol. The summed E-state index contributed by atoms with van der Waals surface area (Å²) in [6, 6.07) is 2.82. The van der Waals surface area contributed by atoms with Crippen LogP contribution in [-0.2, 0) is 9.53 Å². The molecule has 0 aliphatic heterocycles. The van der Waals surface area contributed by atoms with E-state index < -0.39 is 5.97 Å². The summed E-state index contributed by atoms with van der Waals surface area (Å²) in [7, 11) is 2.88. The van der Waals surface area contributed by atoms with Gasteiger partial charge in [0.15, 0.2) is 11.5 Å². The molecule has 1 aromatic rings. The first kappa shape index (κ1) is 13.7. The summed E-state index contributed by atoms with van der Waals surface area (Å²) >= 11 is 0. The van der Waals surface area contributed by atoms with Gasteiger partial charge in [-0.1, -0.05) is 0 Å². The highest BCUT2D eigenvalue weighted by molar-refractivity contribution is 5.96. The molecule has 0 unspecified atom stereocenters. The van der Waals surface area contributed by atoms with Gasteiger partial charge in [-0.05, 0) is 6.92 Å². The second-order valence-corrected chi connectivity index (χ2v) is 3.15. The van der Waals surface area contributed by atoms with Crippen LogP contribution in [0.2, 0.25) is 0 Å². The first-order chi connectivity index (χ1) is 8.67. The molecule has 0 saturated carbocycles. The Morgan fingerprint density at radius 1 is 1.28 bits per heavy atom. The third kappa shape index (κ3) is 2.87. The number of hydrogen-bond acceptors (Lipinski definition) is 6. The normalized spacial score (nSPS) is 9.28. The predicted molar refractivity (Wildman–Crippen MR) is 63.3 cm³/mol. The molecular weight excluding hydrogens is 238 g/mol. The van der Waals surface area contributed by atoms with E-state index in [2.05, 4.69) is 4.99 Å². The van der Waals surface area contributed by atoms with Crippen molar-refractivity contribution in [2.75, 3.05) is 20.8 Å². The van der Waals surface area contributed by atoms with Crippen LogP contribution in [0.5, 0.6) is 11.5 Å². The van der Waals surface area contributed by atoms with Crippen LogP contribution in [0.1, 0.15) is 17.3 Å². The summed E-state index contributed by atoms with van der Waals surface area (Å²) in [5.74, 6) is 0.123. The van der Waals surface area contributed by atoms with E-state index in [1.807, 2.05) is 0 Å². The van der Waals surface area contributed by atoms with Crippen molar-refractivity contribution in [2.45, 2.75) is 6.92 Å². The zero-order chi connectivity index (χ0) is 13.5. The number of aliphatic imine (C=N–C) groups is 1. The number of esters is 1. The summed E-state index contributed by atoms with van der Waals surface area (Å²) in [5.41, 5.74) is 0.249. The number of benzene rings is 1. The Balaban J connectivity index is 3.37. The average Bonchev–Trinajstić information content (AvgIpc) is 2.38. The van der Waals surface area contributed by atoms with Gasteiger partial charge in [-0.2, -0.15) is 4.99 Å². The molecule has 0 aromatic heterocycles. The van der Waals surface area contributed by atoms with Crippen molar-refractivity contribution in [3.8, 4) is 11.5 Å². The van der Waals surface area contributed by atoms with Gasteiger partial charge in [-0.25, -0.2) is 9.59 Å². The summed E-state index contributed by atoms with van der Waals surface area (Å²) in [6.07, 6.45) is 1.38. The zero-order valence-electron chi connectivity index (χ0n) is 10.4. The highest BCUT2D eigenvalue weighted by Gasteiger charge is 2.17. The number of isocyanates is 1. The van der Waals surface area contributed by atoms with E-state index in [0.717, 1.165) is 0 Å². The zero-order valence-corrected chi connectivity index (χ0v) is 10.4. The molecule has 96 valence electrons. The molecule has 0 heterocycles. The number of nitrogens with zero attached hydrogens (tertiary/aromatic N) is 1. The van der Waals surface area contributed by atoms with Gasteiger partial charge < -0.3 is 14.2 Å². The lowest BCUT2D eigenvalue weighted by molar-refractivity contribution is 0.0527. The fourth-order valence-corrected chi connectivity index (χ4v) is 1.38. The third-order valence-electron chi connectivity index (χ3n) is 2.16. The first-order valence-electron chi connectivity index (χ1n) is 5.18. The summed E-state index contributed by atoms with van der Waals surface area (Å²) < 4.78 is 15.0. The SMILES string of the molecule is CCOC(=O)c1cc(OC)c(OC)cc1N=C=O. The van der Waals surface area contributed by atoms with Crippen LogP contribution in [-0.4, -0.2) is 32.9 Å². The molecular formula is C12H13NO5. The van der Waals surface area contributed by atoms with Gasteiger partial charge in [0.25, 0.3) is 0 Å². The number of carbonyl (C=O) groups excluding carboxylic acids is 2. The van der Waals surface area contributed by atoms with E-state index in [1.165, 1.54) is 32.4 Å². The molecule has 0 aliphatic rings. The van der Waals surface area contributed by atoms with E-state index in [4.69, 9.17) is 14.2 Å². The van der Waals surface area contributed by atoms with Crippen molar-refractivity contribution in [1.29, 1.82) is 0 Å². The molecule has 1 aromatic carbocycles. The maximum absolute atomic E-state index is 11.7. The van der Waals surface area contributed by atoms with Crippen LogP contribution >= 0.6 is 0 Å². The van der Waals surface area contributed by atoms with E-state index in [9.17, 15) is 9.59 Å². The second-order valence-electron chi connectivity index (χ2n) is 3.15. The molecule has 18 heavy (non-hydrogen) atoms. The van der Waals surface area contributed by atoms with Crippen LogP contribution in [0.4, 0.5) is 5.69 Å². The number of rotatable bonds is 5. The summed E-state index contributed by atoms with van der Waals surface area (Å²) in [4.78, 5) is 25.5. The minimum absolute atomic E-state index is 0.123. The van der Waals surface area contributed by atoms with Crippen molar-refractivity contribution in [3.63, 3.8) is 0 Å². The van der Waals surface area contributed by atoms with Crippen LogP contribution in [0, 0.1) is 0 Å². The largest absolute Gasteiger partial charge is 0.493 e. The summed E-state index contributed by atoms with van der Waals surface area (Å²) in [6.45, 7) is 1.90. The Morgan fingerprint density at radius 2 is 1.89 bits per heavy atom. The predicted octanol–water partition coefficient (Wildman–Crippen LogP) is 1.85. The Labute approximate surface area is 104 Å². The Bertz CT molecular complexity index is 491. The van der Waals surface area contributed by atoms with E-state index in [0.29, 0.717) is 11.5 Å². The van der Waals surface area contributed by atoms with E-state index in [1.54, 1.807) is 6.92 Å². The van der Waals surface area contributed by atoms with Crippen molar-refractivity contribution in [3.05, 3.63) is 17.7 Å². The number of carbonyl (C=O) groups is 1. The lowest BCUT2D eigenvalue weighted by Gasteiger charge is -2.11. The number of ether oxygens (including phenoxy) is 3. The van der Waals surface area contributed by atoms with Gasteiger partial charge in [0.05, 0.1) is 32.1 Å². The Morgan fingerprint density at radius 3 is 2.39 bits per heavy atom. The maximum Gasteiger partial charge on any atom is 0.340 e. The van der Waals surface area contributed by atoms with E-state index >= 15 is 0 Å². The smallest absolute Gasteiger partial charge is 0.340 e. The fourth-order valence-electron chi connectivity index (χ4n) is 1.38. The topological polar surface area (TPSA) is 74.2 Å². The molecule has 0 spiro atoms. The number of methoxy groups -OCH3 is 2. The maximum atomic E-state index is 11.7. The lowest BCUT2D eigenvalue weighted by atomic mass is 10.1. The molecule has 0 N–H and O–H groups in total. The van der Waals surface area contributed by atoms with Crippen LogP contribution < -0.4 is 9.47 Å². The molecule has 6 heteroatoms. The fraction of sp³-hybridized carbons (Fsp3) is 0.333. The lowest BCUT2D eigenvalue weighted by Crippen LogP contribution is -2.06. The van der Waals surface area contributed by atoms with Gasteiger partial charge in [-0.3, -0.25) is 0 Å². The minimum atomic E-state index is -0.590. The second kappa shape index (κ2) is 6.42. The Kier molecular flexibility index (Phi) is 4.90. The average molecular weight is 251 g/mol. The number of hydrogen-bond donors (Lipinski definition) is 0. The van der Waals surface area contributed by atoms with Gasteiger partial charge in [0, 0.05) is 12.1 Å². The van der Waals surface area contributed by atoms with Gasteiger partial charge >= 0.3 is 5.97 Å². The van der Waals surface area contributed by atoms with Crippen LogP contribution in [0.25, 0.3) is 0 Å². The first-order valence-corrected chi connectivity index (χ1v) is 5.18. The quantitative estimate of drug-likeness (QED) is 0.453. The molecule has 0 radical (unpaired) electrons. The highest BCUT2D eigenvalue weighted by atomic mass is 16.5. The van der Waals surface area contributed by atoms with Crippen molar-refractivity contribution in [2.24, 2.45) is 4.99 Å². The summed E-state index contributed by atoms with van der Waals surface area (Å²) in [5, 5.41) is 0. The molecule has 0 fully saturated rings. The molecule has 0 amide bonds. The van der Waals surface area contributed by atoms with Gasteiger partial charge in [-0.15, -0.1) is 0 Å². The molecule has 0 aliphatic carbocycles. The molecule has 0 atom stereocenters. The molecule has 0 bridgehead atoms. The Hall–Kier alpha value is -2.33. The molecule has 6 nitrogen and oxygen atoms in total. The minimum Gasteiger partial charge on any atom is -0.493 e. The van der Waals surface area contributed by atoms with Crippen LogP contribution in [0.3, 0.4) is 0 Å². The van der Waals surface area contributed by atoms with Crippen molar-refractivity contribution < 1.29 is 23.8 Å². The van der Waals surface area contributed by atoms with E-state index in [-0.39, 0.29) is 17.9 Å². The van der Waals surface area contributed by atoms with Crippen LogP contribution in [0.15, 0.2) is 17.1 Å². The molecule has 1 rings (SSSR count). The van der Waals surface area contributed by atoms with Gasteiger partial charge in [0.1, 0.15) is 0 Å².